The van der Waals surface area contributed by atoms with Crippen LogP contribution >= 0.6 is 0 Å². The Morgan fingerprint density at radius 2 is 1.69 bits per heavy atom. The van der Waals surface area contributed by atoms with E-state index in [9.17, 15) is 18.4 Å². The number of hydrogen-bond donors (Lipinski definition) is 1. The molecule has 26 heavy (non-hydrogen) atoms. The van der Waals surface area contributed by atoms with Crippen LogP contribution in [-0.2, 0) is 17.9 Å². The summed E-state index contributed by atoms with van der Waals surface area (Å²) in [6.07, 6.45) is 0.815. The zero-order valence-electron chi connectivity index (χ0n) is 14.3. The zero-order valence-corrected chi connectivity index (χ0v) is 14.3. The highest BCUT2D eigenvalue weighted by molar-refractivity contribution is 5.90. The van der Waals surface area contributed by atoms with Gasteiger partial charge in [0.05, 0.1) is 16.7 Å². The summed E-state index contributed by atoms with van der Waals surface area (Å²) in [4.78, 5) is 24.7. The van der Waals surface area contributed by atoms with Crippen LogP contribution < -0.4 is 11.0 Å². The molecule has 1 N–H and O–H groups in total. The number of benzene rings is 2. The van der Waals surface area contributed by atoms with Crippen LogP contribution in [-0.4, -0.2) is 15.0 Å². The Morgan fingerprint density at radius 3 is 2.31 bits per heavy atom. The molecule has 1 heterocycles. The molecule has 0 atom stereocenters. The van der Waals surface area contributed by atoms with Crippen molar-refractivity contribution in [1.82, 2.24) is 9.13 Å². The van der Waals surface area contributed by atoms with Gasteiger partial charge in [0.15, 0.2) is 0 Å². The van der Waals surface area contributed by atoms with E-state index in [-0.39, 0.29) is 24.3 Å². The van der Waals surface area contributed by atoms with Crippen LogP contribution in [0.4, 0.5) is 14.5 Å². The Kier molecular flexibility index (Phi) is 5.16. The van der Waals surface area contributed by atoms with E-state index in [1.165, 1.54) is 6.07 Å². The second kappa shape index (κ2) is 7.51. The minimum atomic E-state index is -0.838. The Morgan fingerprint density at radius 1 is 1.04 bits per heavy atom. The molecule has 0 unspecified atom stereocenters. The summed E-state index contributed by atoms with van der Waals surface area (Å²) < 4.78 is 29.8. The van der Waals surface area contributed by atoms with Gasteiger partial charge in [-0.1, -0.05) is 19.1 Å². The topological polar surface area (TPSA) is 56.0 Å². The first-order chi connectivity index (χ1) is 12.5. The molecule has 1 aromatic heterocycles. The number of hydrogen-bond acceptors (Lipinski definition) is 2. The van der Waals surface area contributed by atoms with Crippen molar-refractivity contribution in [2.75, 3.05) is 5.32 Å². The number of carbonyl (C=O) groups excluding carboxylic acids is 1. The highest BCUT2D eigenvalue weighted by Crippen LogP contribution is 2.16. The molecule has 0 aliphatic rings. The van der Waals surface area contributed by atoms with Gasteiger partial charge in [-0.2, -0.15) is 0 Å². The number of amides is 1. The van der Waals surface area contributed by atoms with E-state index in [1.807, 2.05) is 31.2 Å². The van der Waals surface area contributed by atoms with Crippen LogP contribution in [0.25, 0.3) is 11.0 Å². The van der Waals surface area contributed by atoms with Crippen molar-refractivity contribution in [2.45, 2.75) is 32.9 Å². The lowest BCUT2D eigenvalue weighted by molar-refractivity contribution is -0.116. The van der Waals surface area contributed by atoms with Crippen molar-refractivity contribution in [3.8, 4) is 0 Å². The van der Waals surface area contributed by atoms with Crippen LogP contribution in [0.3, 0.4) is 0 Å². The Bertz CT molecular complexity index is 1010. The monoisotopic (exact) mass is 359 g/mol. The number of fused-ring (bicyclic) bond motifs is 1. The molecule has 136 valence electrons. The van der Waals surface area contributed by atoms with Gasteiger partial charge in [-0.25, -0.2) is 13.6 Å². The molecular weight excluding hydrogens is 340 g/mol. The fraction of sp³-hybridized carbons (Fsp3) is 0.263. The lowest BCUT2D eigenvalue weighted by Crippen LogP contribution is -2.26. The molecule has 0 fully saturated rings. The van der Waals surface area contributed by atoms with E-state index < -0.39 is 17.5 Å². The van der Waals surface area contributed by atoms with Gasteiger partial charge < -0.3 is 5.32 Å². The van der Waals surface area contributed by atoms with Crippen molar-refractivity contribution in [3.63, 3.8) is 0 Å². The molecule has 0 bridgehead atoms. The third kappa shape index (κ3) is 3.51. The van der Waals surface area contributed by atoms with Gasteiger partial charge in [0.1, 0.15) is 11.6 Å². The molecule has 0 aliphatic carbocycles. The number of rotatable bonds is 6. The van der Waals surface area contributed by atoms with Crippen molar-refractivity contribution in [3.05, 3.63) is 64.6 Å². The molecule has 0 saturated carbocycles. The molecule has 0 aliphatic heterocycles. The fourth-order valence-electron chi connectivity index (χ4n) is 2.95. The number of nitrogens with zero attached hydrogens (tertiary/aromatic N) is 2. The SMILES string of the molecule is CCCn1c(=O)n(CCC(=O)Nc2ccc(F)cc2F)c2ccccc21. The fourth-order valence-corrected chi connectivity index (χ4v) is 2.95. The second-order valence-corrected chi connectivity index (χ2v) is 6.00. The number of aryl methyl sites for hydroxylation is 2. The van der Waals surface area contributed by atoms with E-state index >= 15 is 0 Å². The summed E-state index contributed by atoms with van der Waals surface area (Å²) in [6, 6.07) is 10.4. The van der Waals surface area contributed by atoms with Gasteiger partial charge in [0, 0.05) is 25.6 Å². The predicted octanol–water partition coefficient (Wildman–Crippen LogP) is 3.52. The zero-order chi connectivity index (χ0) is 18.7. The maximum Gasteiger partial charge on any atom is 0.329 e. The lowest BCUT2D eigenvalue weighted by atomic mass is 10.2. The minimum absolute atomic E-state index is 0.00312. The quantitative estimate of drug-likeness (QED) is 0.732. The van der Waals surface area contributed by atoms with E-state index in [0.717, 1.165) is 23.5 Å². The number of nitrogens with one attached hydrogen (secondary N) is 1. The van der Waals surface area contributed by atoms with Crippen LogP contribution in [0.2, 0.25) is 0 Å². The summed E-state index contributed by atoms with van der Waals surface area (Å²) in [5, 5.41) is 2.40. The smallest absolute Gasteiger partial charge is 0.324 e. The predicted molar refractivity (Wildman–Crippen MR) is 96.1 cm³/mol. The summed E-state index contributed by atoms with van der Waals surface area (Å²) in [6.45, 7) is 2.76. The van der Waals surface area contributed by atoms with Gasteiger partial charge in [-0.15, -0.1) is 0 Å². The number of para-hydroxylation sites is 2. The van der Waals surface area contributed by atoms with Gasteiger partial charge in [0.25, 0.3) is 0 Å². The standard InChI is InChI=1S/C19H19F2N3O2/c1-2-10-23-16-5-3-4-6-17(16)24(19(23)26)11-9-18(25)22-15-8-7-13(20)12-14(15)21/h3-8,12H,2,9-11H2,1H3,(H,22,25). The molecule has 3 rings (SSSR count). The minimum Gasteiger partial charge on any atom is -0.324 e. The molecule has 5 nitrogen and oxygen atoms in total. The Hall–Kier alpha value is -2.96. The van der Waals surface area contributed by atoms with E-state index in [0.29, 0.717) is 12.6 Å². The van der Waals surface area contributed by atoms with Gasteiger partial charge >= 0.3 is 5.69 Å². The average Bonchev–Trinajstić information content (AvgIpc) is 2.88. The first-order valence-corrected chi connectivity index (χ1v) is 8.44. The number of aromatic nitrogens is 2. The first-order valence-electron chi connectivity index (χ1n) is 8.44. The lowest BCUT2D eigenvalue weighted by Gasteiger charge is -2.07. The first kappa shape index (κ1) is 17.8. The molecular formula is C19H19F2N3O2. The number of imidazole rings is 1. The van der Waals surface area contributed by atoms with E-state index in [1.54, 1.807) is 9.13 Å². The molecule has 0 spiro atoms. The third-order valence-corrected chi connectivity index (χ3v) is 4.14. The summed E-state index contributed by atoms with van der Waals surface area (Å²) in [5.41, 5.74) is 1.32. The summed E-state index contributed by atoms with van der Waals surface area (Å²) >= 11 is 0. The molecule has 2 aromatic carbocycles. The van der Waals surface area contributed by atoms with Gasteiger partial charge in [-0.3, -0.25) is 13.9 Å². The normalized spacial score (nSPS) is 11.0. The Labute approximate surface area is 148 Å². The van der Waals surface area contributed by atoms with Crippen molar-refractivity contribution >= 4 is 22.6 Å². The van der Waals surface area contributed by atoms with Gasteiger partial charge in [0.2, 0.25) is 5.91 Å². The van der Waals surface area contributed by atoms with E-state index in [2.05, 4.69) is 5.32 Å². The number of carbonyl (C=O) groups is 1. The molecule has 7 heteroatoms. The third-order valence-electron chi connectivity index (χ3n) is 4.14. The highest BCUT2D eigenvalue weighted by Gasteiger charge is 2.14. The average molecular weight is 359 g/mol. The van der Waals surface area contributed by atoms with Crippen molar-refractivity contribution < 1.29 is 13.6 Å². The number of anilines is 1. The van der Waals surface area contributed by atoms with Gasteiger partial charge in [-0.05, 0) is 30.7 Å². The van der Waals surface area contributed by atoms with E-state index in [4.69, 9.17) is 0 Å². The van der Waals surface area contributed by atoms with Crippen LogP contribution in [0.15, 0.2) is 47.3 Å². The maximum atomic E-state index is 13.6. The number of halogens is 2. The summed E-state index contributed by atoms with van der Waals surface area (Å²) in [5.74, 6) is -2.00. The largest absolute Gasteiger partial charge is 0.329 e. The van der Waals surface area contributed by atoms with Crippen molar-refractivity contribution in [2.24, 2.45) is 0 Å². The second-order valence-electron chi connectivity index (χ2n) is 6.00. The highest BCUT2D eigenvalue weighted by atomic mass is 19.1. The van der Waals surface area contributed by atoms with Crippen molar-refractivity contribution in [1.29, 1.82) is 0 Å². The maximum absolute atomic E-state index is 13.6. The molecule has 1 amide bonds. The Balaban J connectivity index is 1.78. The molecule has 3 aromatic rings. The van der Waals surface area contributed by atoms with Crippen LogP contribution in [0.5, 0.6) is 0 Å². The van der Waals surface area contributed by atoms with Crippen LogP contribution in [0.1, 0.15) is 19.8 Å². The molecule has 0 radical (unpaired) electrons. The van der Waals surface area contributed by atoms with Crippen LogP contribution in [0, 0.1) is 11.6 Å². The molecule has 0 saturated heterocycles. The summed E-state index contributed by atoms with van der Waals surface area (Å²) in [7, 11) is 0.